The molecule has 0 radical (unpaired) electrons. The number of aliphatic hydroxyl groups is 1. The van der Waals surface area contributed by atoms with Crippen molar-refractivity contribution in [1.82, 2.24) is 4.57 Å². The van der Waals surface area contributed by atoms with Gasteiger partial charge in [-0.05, 0) is 24.3 Å². The van der Waals surface area contributed by atoms with Crippen LogP contribution < -0.4 is 10.3 Å². The minimum atomic E-state index is -4.94. The molecular formula is C17H9ClF3NO3. The second kappa shape index (κ2) is 5.24. The number of ether oxygens (including phenoxy) is 1. The van der Waals surface area contributed by atoms with Crippen LogP contribution in [0, 0.1) is 0 Å². The average Bonchev–Trinajstić information content (AvgIpc) is 2.53. The Hall–Kier alpha value is -2.51. The first-order chi connectivity index (χ1) is 11.8. The molecule has 1 aromatic heterocycles. The first kappa shape index (κ1) is 16.0. The molecule has 1 aliphatic rings. The van der Waals surface area contributed by atoms with Gasteiger partial charge >= 0.3 is 6.30 Å². The van der Waals surface area contributed by atoms with Crippen molar-refractivity contribution < 1.29 is 23.0 Å². The van der Waals surface area contributed by atoms with E-state index in [1.165, 1.54) is 36.4 Å². The van der Waals surface area contributed by atoms with Crippen molar-refractivity contribution in [3.8, 4) is 16.9 Å². The normalized spacial score (nSPS) is 16.3. The number of rotatable bonds is 0. The molecule has 1 unspecified atom stereocenters. The SMILES string of the molecule is O=c1c2c(c3ccccc3n1C(F)(F)F)-c1cc(Cl)ccc1OC2O. The maximum Gasteiger partial charge on any atom is 0.491 e. The van der Waals surface area contributed by atoms with Crippen LogP contribution in [0.1, 0.15) is 11.9 Å². The van der Waals surface area contributed by atoms with Crippen molar-refractivity contribution in [3.05, 3.63) is 63.4 Å². The molecule has 0 aliphatic carbocycles. The zero-order chi connectivity index (χ0) is 17.9. The van der Waals surface area contributed by atoms with Gasteiger partial charge in [-0.15, -0.1) is 13.2 Å². The summed E-state index contributed by atoms with van der Waals surface area (Å²) >= 11 is 5.99. The fraction of sp³-hybridized carbons (Fsp3) is 0.118. The Labute approximate surface area is 143 Å². The Morgan fingerprint density at radius 1 is 1.16 bits per heavy atom. The van der Waals surface area contributed by atoms with Crippen LogP contribution in [-0.4, -0.2) is 9.67 Å². The highest BCUT2D eigenvalue weighted by Gasteiger charge is 2.39. The third-order valence-electron chi connectivity index (χ3n) is 4.07. The second-order valence-electron chi connectivity index (χ2n) is 5.52. The molecule has 1 N–H and O–H groups in total. The van der Waals surface area contributed by atoms with Gasteiger partial charge in [-0.25, -0.2) is 4.57 Å². The topological polar surface area (TPSA) is 51.5 Å². The van der Waals surface area contributed by atoms with E-state index in [-0.39, 0.29) is 26.8 Å². The van der Waals surface area contributed by atoms with Crippen LogP contribution in [0.15, 0.2) is 47.3 Å². The fourth-order valence-electron chi connectivity index (χ4n) is 3.11. The zero-order valence-electron chi connectivity index (χ0n) is 12.3. The molecule has 1 aliphatic heterocycles. The van der Waals surface area contributed by atoms with E-state index in [0.717, 1.165) is 0 Å². The summed E-state index contributed by atoms with van der Waals surface area (Å²) in [6.07, 6.45) is -6.76. The van der Waals surface area contributed by atoms with Gasteiger partial charge in [-0.1, -0.05) is 29.8 Å². The molecule has 1 atom stereocenters. The molecule has 3 aromatic rings. The summed E-state index contributed by atoms with van der Waals surface area (Å²) in [5.41, 5.74) is -1.60. The largest absolute Gasteiger partial charge is 0.491 e. The number of halogens is 4. The lowest BCUT2D eigenvalue weighted by Gasteiger charge is -2.27. The highest BCUT2D eigenvalue weighted by atomic mass is 35.5. The number of hydrogen-bond donors (Lipinski definition) is 1. The van der Waals surface area contributed by atoms with E-state index in [1.54, 1.807) is 6.07 Å². The van der Waals surface area contributed by atoms with Crippen molar-refractivity contribution >= 4 is 22.5 Å². The predicted molar refractivity (Wildman–Crippen MR) is 85.5 cm³/mol. The highest BCUT2D eigenvalue weighted by Crippen LogP contribution is 2.45. The molecule has 0 spiro atoms. The number of alkyl halides is 3. The number of aromatic nitrogens is 1. The molecule has 0 fully saturated rings. The van der Waals surface area contributed by atoms with Gasteiger partial charge in [0, 0.05) is 21.5 Å². The molecule has 8 heteroatoms. The molecule has 25 heavy (non-hydrogen) atoms. The Morgan fingerprint density at radius 3 is 2.60 bits per heavy atom. The van der Waals surface area contributed by atoms with Gasteiger partial charge in [0.25, 0.3) is 5.56 Å². The summed E-state index contributed by atoms with van der Waals surface area (Å²) in [6, 6.07) is 10.1. The average molecular weight is 368 g/mol. The monoisotopic (exact) mass is 367 g/mol. The fourth-order valence-corrected chi connectivity index (χ4v) is 3.28. The highest BCUT2D eigenvalue weighted by molar-refractivity contribution is 6.31. The smallest absolute Gasteiger partial charge is 0.460 e. The Balaban J connectivity index is 2.25. The first-order valence-corrected chi connectivity index (χ1v) is 7.56. The van der Waals surface area contributed by atoms with Gasteiger partial charge in [0.15, 0.2) is 0 Å². The minimum Gasteiger partial charge on any atom is -0.460 e. The number of hydrogen-bond acceptors (Lipinski definition) is 3. The summed E-state index contributed by atoms with van der Waals surface area (Å²) in [5, 5.41) is 10.7. The summed E-state index contributed by atoms with van der Waals surface area (Å²) in [7, 11) is 0. The van der Waals surface area contributed by atoms with E-state index in [2.05, 4.69) is 0 Å². The van der Waals surface area contributed by atoms with Crippen molar-refractivity contribution in [3.63, 3.8) is 0 Å². The molecule has 128 valence electrons. The second-order valence-corrected chi connectivity index (χ2v) is 5.96. The summed E-state index contributed by atoms with van der Waals surface area (Å²) < 4.78 is 45.3. The number of pyridine rings is 1. The third kappa shape index (κ3) is 2.31. The van der Waals surface area contributed by atoms with Crippen LogP contribution in [0.3, 0.4) is 0 Å². The number of fused-ring (bicyclic) bond motifs is 5. The molecule has 0 saturated carbocycles. The van der Waals surface area contributed by atoms with Crippen LogP contribution in [0.25, 0.3) is 22.0 Å². The molecule has 4 rings (SSSR count). The minimum absolute atomic E-state index is 0.167. The number of aliphatic hydroxyl groups excluding tert-OH is 1. The lowest BCUT2D eigenvalue weighted by atomic mass is 9.93. The molecular weight excluding hydrogens is 359 g/mol. The lowest BCUT2D eigenvalue weighted by molar-refractivity contribution is -0.203. The van der Waals surface area contributed by atoms with Crippen LogP contribution in [0.2, 0.25) is 5.02 Å². The Morgan fingerprint density at radius 2 is 1.88 bits per heavy atom. The molecule has 0 bridgehead atoms. The van der Waals surface area contributed by atoms with Crippen molar-refractivity contribution in [1.29, 1.82) is 0 Å². The first-order valence-electron chi connectivity index (χ1n) is 7.18. The van der Waals surface area contributed by atoms with Gasteiger partial charge in [-0.2, -0.15) is 0 Å². The quantitative estimate of drug-likeness (QED) is 0.648. The molecule has 0 amide bonds. The predicted octanol–water partition coefficient (Wildman–Crippen LogP) is 4.18. The third-order valence-corrected chi connectivity index (χ3v) is 4.30. The summed E-state index contributed by atoms with van der Waals surface area (Å²) in [5.74, 6) is 0.235. The van der Waals surface area contributed by atoms with Gasteiger partial charge in [0.1, 0.15) is 5.75 Å². The van der Waals surface area contributed by atoms with Gasteiger partial charge < -0.3 is 9.84 Å². The van der Waals surface area contributed by atoms with E-state index in [9.17, 15) is 23.1 Å². The number of nitrogens with zero attached hydrogens (tertiary/aromatic N) is 1. The van der Waals surface area contributed by atoms with Gasteiger partial charge in [-0.3, -0.25) is 4.79 Å². The lowest BCUT2D eigenvalue weighted by Crippen LogP contribution is -2.36. The van der Waals surface area contributed by atoms with E-state index >= 15 is 0 Å². The van der Waals surface area contributed by atoms with Crippen LogP contribution in [-0.2, 0) is 6.30 Å². The van der Waals surface area contributed by atoms with E-state index in [4.69, 9.17) is 16.3 Å². The number of benzene rings is 2. The molecule has 2 heterocycles. The van der Waals surface area contributed by atoms with Crippen molar-refractivity contribution in [2.45, 2.75) is 12.6 Å². The Bertz CT molecular complexity index is 1080. The van der Waals surface area contributed by atoms with E-state index in [1.807, 2.05) is 0 Å². The molecule has 4 nitrogen and oxygen atoms in total. The van der Waals surface area contributed by atoms with Crippen LogP contribution in [0.5, 0.6) is 5.75 Å². The van der Waals surface area contributed by atoms with Crippen molar-refractivity contribution in [2.24, 2.45) is 0 Å². The van der Waals surface area contributed by atoms with E-state index < -0.39 is 23.7 Å². The van der Waals surface area contributed by atoms with Crippen molar-refractivity contribution in [2.75, 3.05) is 0 Å². The van der Waals surface area contributed by atoms with E-state index in [0.29, 0.717) is 10.6 Å². The zero-order valence-corrected chi connectivity index (χ0v) is 13.1. The van der Waals surface area contributed by atoms with Crippen LogP contribution >= 0.6 is 11.6 Å². The maximum atomic E-state index is 13.5. The standard InChI is InChI=1S/C17H9ClF3NO3/c18-8-5-6-12-10(7-8)13-9-3-1-2-4-11(9)22(17(19,20)21)15(23)14(13)16(24)25-12/h1-7,16,24H. The number of para-hydroxylation sites is 1. The Kier molecular flexibility index (Phi) is 3.35. The molecule has 2 aromatic carbocycles. The summed E-state index contributed by atoms with van der Waals surface area (Å²) in [4.78, 5) is 12.5. The summed E-state index contributed by atoms with van der Waals surface area (Å²) in [6.45, 7) is 0. The van der Waals surface area contributed by atoms with Crippen LogP contribution in [0.4, 0.5) is 13.2 Å². The maximum absolute atomic E-state index is 13.5. The van der Waals surface area contributed by atoms with Gasteiger partial charge in [0.05, 0.1) is 11.1 Å². The molecule has 0 saturated heterocycles. The van der Waals surface area contributed by atoms with Gasteiger partial charge in [0.2, 0.25) is 6.29 Å².